The van der Waals surface area contributed by atoms with Crippen molar-refractivity contribution < 1.29 is 9.32 Å². The monoisotopic (exact) mass is 287 g/mol. The Kier molecular flexibility index (Phi) is 3.08. The van der Waals surface area contributed by atoms with Crippen molar-refractivity contribution in [2.75, 3.05) is 5.32 Å². The Morgan fingerprint density at radius 3 is 2.95 bits per heavy atom. The number of nitrogens with zero attached hydrogens (tertiary/aromatic N) is 1. The lowest BCUT2D eigenvalue weighted by molar-refractivity contribution is -0.119. The fourth-order valence-corrected chi connectivity index (χ4v) is 2.69. The number of rotatable bonds is 3. The summed E-state index contributed by atoms with van der Waals surface area (Å²) in [5.74, 6) is -0.175. The van der Waals surface area contributed by atoms with E-state index in [0.717, 1.165) is 12.1 Å². The van der Waals surface area contributed by atoms with E-state index in [1.807, 2.05) is 31.2 Å². The molecule has 21 heavy (non-hydrogen) atoms. The Morgan fingerprint density at radius 2 is 2.24 bits per heavy atom. The first kappa shape index (κ1) is 13.5. The van der Waals surface area contributed by atoms with E-state index in [1.165, 1.54) is 17.2 Å². The highest BCUT2D eigenvalue weighted by molar-refractivity contribution is 5.72. The number of hydrogen-bond donors (Lipinski definition) is 2. The molecule has 110 valence electrons. The molecule has 1 aromatic heterocycles. The van der Waals surface area contributed by atoms with Crippen molar-refractivity contribution in [3.8, 4) is 0 Å². The summed E-state index contributed by atoms with van der Waals surface area (Å²) in [4.78, 5) is 23.0. The highest BCUT2D eigenvalue weighted by atomic mass is 16.5. The molecule has 0 saturated heterocycles. The lowest BCUT2D eigenvalue weighted by Gasteiger charge is -2.22. The van der Waals surface area contributed by atoms with Crippen LogP contribution in [0.1, 0.15) is 25.0 Å². The molecular formula is C15H17N3O3. The third-order valence-electron chi connectivity index (χ3n) is 3.74. The second-order valence-corrected chi connectivity index (χ2v) is 5.52. The van der Waals surface area contributed by atoms with Crippen LogP contribution in [0.15, 0.2) is 39.8 Å². The zero-order valence-electron chi connectivity index (χ0n) is 12.0. The number of para-hydroxylation sites is 1. The van der Waals surface area contributed by atoms with E-state index in [0.29, 0.717) is 5.56 Å². The van der Waals surface area contributed by atoms with E-state index in [4.69, 9.17) is 4.52 Å². The minimum atomic E-state index is -0.494. The average Bonchev–Trinajstić information content (AvgIpc) is 2.96. The van der Waals surface area contributed by atoms with Crippen LogP contribution < -0.4 is 16.3 Å². The van der Waals surface area contributed by atoms with Gasteiger partial charge in [-0.3, -0.25) is 4.79 Å². The van der Waals surface area contributed by atoms with Gasteiger partial charge < -0.3 is 15.2 Å². The van der Waals surface area contributed by atoms with Gasteiger partial charge in [0.2, 0.25) is 5.91 Å². The Hall–Kier alpha value is -2.50. The van der Waals surface area contributed by atoms with E-state index >= 15 is 0 Å². The van der Waals surface area contributed by atoms with E-state index in [2.05, 4.69) is 10.6 Å². The van der Waals surface area contributed by atoms with Crippen LogP contribution in [0, 0.1) is 0 Å². The predicted octanol–water partition coefficient (Wildman–Crippen LogP) is 1.42. The van der Waals surface area contributed by atoms with Crippen molar-refractivity contribution in [2.45, 2.75) is 32.5 Å². The molecule has 0 radical (unpaired) electrons. The Morgan fingerprint density at radius 1 is 1.48 bits per heavy atom. The Labute approximate surface area is 121 Å². The molecule has 2 aromatic rings. The minimum Gasteiger partial charge on any atom is -0.375 e. The van der Waals surface area contributed by atoms with Crippen LogP contribution in [-0.2, 0) is 23.4 Å². The number of aromatic nitrogens is 1. The second kappa shape index (κ2) is 4.80. The van der Waals surface area contributed by atoms with Crippen molar-refractivity contribution in [2.24, 2.45) is 0 Å². The molecule has 1 aliphatic heterocycles. The first-order valence-corrected chi connectivity index (χ1v) is 6.80. The van der Waals surface area contributed by atoms with Gasteiger partial charge in [0.05, 0.1) is 17.3 Å². The molecule has 0 bridgehead atoms. The molecule has 1 amide bonds. The van der Waals surface area contributed by atoms with Gasteiger partial charge in [0.25, 0.3) is 0 Å². The molecule has 1 unspecified atom stereocenters. The van der Waals surface area contributed by atoms with Crippen LogP contribution in [0.25, 0.3) is 0 Å². The number of amides is 1. The maximum atomic E-state index is 12.1. The van der Waals surface area contributed by atoms with Gasteiger partial charge in [0.15, 0.2) is 0 Å². The van der Waals surface area contributed by atoms with Crippen LogP contribution in [0.3, 0.4) is 0 Å². The van der Waals surface area contributed by atoms with Crippen LogP contribution in [-0.4, -0.2) is 10.6 Å². The molecule has 0 saturated carbocycles. The van der Waals surface area contributed by atoms with Gasteiger partial charge in [0, 0.05) is 19.0 Å². The first-order valence-electron chi connectivity index (χ1n) is 6.80. The van der Waals surface area contributed by atoms with Gasteiger partial charge in [-0.15, -0.1) is 0 Å². The predicted molar refractivity (Wildman–Crippen MR) is 77.9 cm³/mol. The molecule has 3 rings (SSSR count). The molecular weight excluding hydrogens is 270 g/mol. The molecule has 2 N–H and O–H groups in total. The second-order valence-electron chi connectivity index (χ2n) is 5.52. The van der Waals surface area contributed by atoms with Gasteiger partial charge in [-0.25, -0.2) is 4.79 Å². The van der Waals surface area contributed by atoms with Crippen molar-refractivity contribution in [1.82, 2.24) is 10.1 Å². The van der Waals surface area contributed by atoms with Gasteiger partial charge in [-0.05, 0) is 18.6 Å². The van der Waals surface area contributed by atoms with Gasteiger partial charge in [-0.2, -0.15) is 4.74 Å². The molecule has 1 aliphatic rings. The van der Waals surface area contributed by atoms with Crippen molar-refractivity contribution >= 4 is 11.6 Å². The molecule has 6 heteroatoms. The standard InChI is InChI=1S/C15H17N3O3/c1-10(19)16-9-18-8-12(14(20)21-18)15(2)7-11-5-3-4-6-13(11)17-15/h3-6,8,17H,7,9H2,1-2H3,(H,16,19). The third-order valence-corrected chi connectivity index (χ3v) is 3.74. The molecule has 2 heterocycles. The van der Waals surface area contributed by atoms with E-state index in [9.17, 15) is 9.59 Å². The quantitative estimate of drug-likeness (QED) is 0.895. The topological polar surface area (TPSA) is 76.3 Å². The number of hydrogen-bond acceptors (Lipinski definition) is 4. The van der Waals surface area contributed by atoms with Crippen LogP contribution in [0.4, 0.5) is 5.69 Å². The van der Waals surface area contributed by atoms with E-state index in [-0.39, 0.29) is 18.2 Å². The molecule has 0 spiro atoms. The summed E-state index contributed by atoms with van der Waals surface area (Å²) in [5.41, 5.74) is 1.89. The summed E-state index contributed by atoms with van der Waals surface area (Å²) >= 11 is 0. The molecule has 0 aliphatic carbocycles. The lowest BCUT2D eigenvalue weighted by Crippen LogP contribution is -2.33. The zero-order valence-corrected chi connectivity index (χ0v) is 12.0. The summed E-state index contributed by atoms with van der Waals surface area (Å²) < 4.78 is 6.49. The third kappa shape index (κ3) is 2.44. The number of nitrogens with one attached hydrogen (secondary N) is 2. The lowest BCUT2D eigenvalue weighted by atomic mass is 9.91. The largest absolute Gasteiger partial charge is 0.375 e. The van der Waals surface area contributed by atoms with Crippen molar-refractivity contribution in [3.63, 3.8) is 0 Å². The Balaban J connectivity index is 1.88. The summed E-state index contributed by atoms with van der Waals surface area (Å²) in [6, 6.07) is 7.98. The van der Waals surface area contributed by atoms with E-state index < -0.39 is 5.54 Å². The minimum absolute atomic E-state index is 0.146. The number of benzene rings is 1. The molecule has 1 aromatic carbocycles. The zero-order chi connectivity index (χ0) is 15.0. The number of anilines is 1. The summed E-state index contributed by atoms with van der Waals surface area (Å²) in [7, 11) is 0. The highest BCUT2D eigenvalue weighted by Gasteiger charge is 2.37. The van der Waals surface area contributed by atoms with Gasteiger partial charge >= 0.3 is 5.63 Å². The number of fused-ring (bicyclic) bond motifs is 1. The summed E-state index contributed by atoms with van der Waals surface area (Å²) in [5, 5.41) is 5.98. The summed E-state index contributed by atoms with van der Waals surface area (Å²) in [6.07, 6.45) is 2.37. The van der Waals surface area contributed by atoms with Gasteiger partial charge in [-0.1, -0.05) is 18.2 Å². The van der Waals surface area contributed by atoms with Crippen LogP contribution in [0.5, 0.6) is 0 Å². The smallest absolute Gasteiger partial charge is 0.363 e. The first-order chi connectivity index (χ1) is 9.98. The maximum Gasteiger partial charge on any atom is 0.363 e. The number of carbonyl (C=O) groups is 1. The fraction of sp³-hybridized carbons (Fsp3) is 0.333. The Bertz CT molecular complexity index is 720. The van der Waals surface area contributed by atoms with Gasteiger partial charge in [0.1, 0.15) is 6.67 Å². The number of carbonyl (C=O) groups excluding carboxylic acids is 1. The average molecular weight is 287 g/mol. The van der Waals surface area contributed by atoms with Crippen LogP contribution >= 0.6 is 0 Å². The van der Waals surface area contributed by atoms with Crippen molar-refractivity contribution in [1.29, 1.82) is 0 Å². The van der Waals surface area contributed by atoms with Crippen LogP contribution in [0.2, 0.25) is 0 Å². The SMILES string of the molecule is CC(=O)NCn1cc(C2(C)Cc3ccccc3N2)c(=O)o1. The molecule has 6 nitrogen and oxygen atoms in total. The fourth-order valence-electron chi connectivity index (χ4n) is 2.69. The molecule has 0 fully saturated rings. The molecule has 1 atom stereocenters. The maximum absolute atomic E-state index is 12.1. The summed E-state index contributed by atoms with van der Waals surface area (Å²) in [6.45, 7) is 3.54. The van der Waals surface area contributed by atoms with Crippen molar-refractivity contribution in [3.05, 3.63) is 52.0 Å². The van der Waals surface area contributed by atoms with E-state index in [1.54, 1.807) is 6.20 Å². The highest BCUT2D eigenvalue weighted by Crippen LogP contribution is 2.37. The normalized spacial score (nSPS) is 19.9.